The van der Waals surface area contributed by atoms with Gasteiger partial charge in [0.2, 0.25) is 0 Å². The molecule has 2 bridgehead atoms. The highest BCUT2D eigenvalue weighted by molar-refractivity contribution is 6.32. The molecule has 166 valence electrons. The zero-order valence-electron chi connectivity index (χ0n) is 19.5. The van der Waals surface area contributed by atoms with Crippen molar-refractivity contribution < 1.29 is 24.6 Å². The number of Topliss-reactive ketones (excluding diaryl/α,β-unsaturated/α-hetero) is 3. The first-order valence-corrected chi connectivity index (χ1v) is 11.0. The number of ketones is 3. The zero-order valence-corrected chi connectivity index (χ0v) is 19.5. The lowest BCUT2D eigenvalue weighted by Gasteiger charge is -2.41. The molecule has 0 radical (unpaired) electrons. The smallest absolute Gasteiger partial charge is 0.183 e. The molecule has 3 aliphatic rings. The molecule has 0 aromatic carbocycles. The fourth-order valence-electron chi connectivity index (χ4n) is 6.62. The largest absolute Gasteiger partial charge is 0.510 e. The summed E-state index contributed by atoms with van der Waals surface area (Å²) in [6.07, 6.45) is 2.73. The summed E-state index contributed by atoms with van der Waals surface area (Å²) in [5.74, 6) is -2.61. The fourth-order valence-corrected chi connectivity index (χ4v) is 6.62. The van der Waals surface area contributed by atoms with Gasteiger partial charge in [0.1, 0.15) is 11.3 Å². The van der Waals surface area contributed by atoms with Gasteiger partial charge in [-0.05, 0) is 64.2 Å². The van der Waals surface area contributed by atoms with Gasteiger partial charge in [-0.1, -0.05) is 39.3 Å². The van der Waals surface area contributed by atoms with Gasteiger partial charge in [-0.3, -0.25) is 14.4 Å². The van der Waals surface area contributed by atoms with E-state index in [4.69, 9.17) is 0 Å². The molecule has 5 nitrogen and oxygen atoms in total. The second-order valence-electron chi connectivity index (χ2n) is 11.4. The molecule has 0 heterocycles. The van der Waals surface area contributed by atoms with Gasteiger partial charge in [-0.2, -0.15) is 0 Å². The molecular formula is C25H36O5. The van der Waals surface area contributed by atoms with Crippen LogP contribution < -0.4 is 0 Å². The minimum absolute atomic E-state index is 0.179. The van der Waals surface area contributed by atoms with Gasteiger partial charge in [0.15, 0.2) is 17.3 Å². The van der Waals surface area contributed by atoms with Crippen molar-refractivity contribution in [1.82, 2.24) is 0 Å². The molecule has 0 aliphatic heterocycles. The lowest BCUT2D eigenvalue weighted by molar-refractivity contribution is -0.145. The van der Waals surface area contributed by atoms with Crippen LogP contribution in [0.1, 0.15) is 74.7 Å². The van der Waals surface area contributed by atoms with E-state index in [-0.39, 0.29) is 41.8 Å². The molecule has 1 spiro atoms. The molecule has 2 saturated carbocycles. The van der Waals surface area contributed by atoms with Crippen molar-refractivity contribution in [1.29, 1.82) is 0 Å². The number of carbonyl (C=O) groups is 3. The van der Waals surface area contributed by atoms with Crippen molar-refractivity contribution in [2.45, 2.75) is 80.3 Å². The first-order chi connectivity index (χ1) is 13.5. The van der Waals surface area contributed by atoms with Crippen LogP contribution in [-0.4, -0.2) is 33.2 Å². The number of allylic oxidation sites excluding steroid dienone is 4. The number of aliphatic hydroxyl groups excluding tert-OH is 1. The van der Waals surface area contributed by atoms with Crippen LogP contribution >= 0.6 is 0 Å². The van der Waals surface area contributed by atoms with E-state index in [1.54, 1.807) is 27.7 Å². The number of rotatable bonds is 5. The fraction of sp³-hybridized carbons (Fsp3) is 0.720. The minimum atomic E-state index is -1.35. The van der Waals surface area contributed by atoms with Crippen LogP contribution in [0.15, 0.2) is 23.0 Å². The maximum atomic E-state index is 14.0. The number of aliphatic hydroxyl groups is 2. The Morgan fingerprint density at radius 1 is 1.20 bits per heavy atom. The maximum Gasteiger partial charge on any atom is 0.183 e. The van der Waals surface area contributed by atoms with Crippen LogP contribution in [0, 0.1) is 34.0 Å². The Morgan fingerprint density at radius 3 is 2.23 bits per heavy atom. The topological polar surface area (TPSA) is 91.7 Å². The summed E-state index contributed by atoms with van der Waals surface area (Å²) < 4.78 is 0. The minimum Gasteiger partial charge on any atom is -0.510 e. The monoisotopic (exact) mass is 416 g/mol. The average Bonchev–Trinajstić information content (AvgIpc) is 2.97. The van der Waals surface area contributed by atoms with Crippen molar-refractivity contribution in [3.63, 3.8) is 0 Å². The van der Waals surface area contributed by atoms with Gasteiger partial charge in [0.05, 0.1) is 16.4 Å². The van der Waals surface area contributed by atoms with Gasteiger partial charge in [0, 0.05) is 5.92 Å². The van der Waals surface area contributed by atoms with Crippen LogP contribution in [0.4, 0.5) is 0 Å². The molecule has 3 rings (SSSR count). The summed E-state index contributed by atoms with van der Waals surface area (Å²) in [6.45, 7) is 14.7. The van der Waals surface area contributed by atoms with E-state index >= 15 is 0 Å². The highest BCUT2D eigenvalue weighted by Crippen LogP contribution is 2.73. The summed E-state index contributed by atoms with van der Waals surface area (Å²) in [4.78, 5) is 40.9. The first-order valence-electron chi connectivity index (χ1n) is 11.0. The standard InChI is InChI=1S/C25H36O5/c1-13(2)9-10-24-11-16-22(5,6)15(23(7,8)30)12-25(16,21(24)29)20(28)17(19(24)27)18(26)14(3)4/h9,14-16,27,30H,10-12H2,1-8H3. The molecule has 2 fully saturated rings. The van der Waals surface area contributed by atoms with E-state index in [9.17, 15) is 24.6 Å². The van der Waals surface area contributed by atoms with Crippen molar-refractivity contribution in [2.75, 3.05) is 0 Å². The third-order valence-electron chi connectivity index (χ3n) is 8.11. The Hall–Kier alpha value is -1.75. The Kier molecular flexibility index (Phi) is 5.06. The van der Waals surface area contributed by atoms with Crippen LogP contribution in [0.5, 0.6) is 0 Å². The van der Waals surface area contributed by atoms with E-state index in [1.165, 1.54) is 0 Å². The SMILES string of the molecule is CC(C)=CCC12CC3C(CC(C(C)(C)O)C3(C)C)(C(=O)C(C(=O)C(C)C)=C1O)C2=O. The van der Waals surface area contributed by atoms with E-state index in [2.05, 4.69) is 0 Å². The van der Waals surface area contributed by atoms with E-state index in [1.807, 2.05) is 33.8 Å². The predicted molar refractivity (Wildman–Crippen MR) is 115 cm³/mol. The van der Waals surface area contributed by atoms with E-state index < -0.39 is 39.3 Å². The van der Waals surface area contributed by atoms with Crippen molar-refractivity contribution in [3.05, 3.63) is 23.0 Å². The molecule has 30 heavy (non-hydrogen) atoms. The Bertz CT molecular complexity index is 878. The number of carbonyl (C=O) groups excluding carboxylic acids is 3. The van der Waals surface area contributed by atoms with Crippen molar-refractivity contribution in [3.8, 4) is 0 Å². The second-order valence-corrected chi connectivity index (χ2v) is 11.4. The molecule has 0 amide bonds. The summed E-state index contributed by atoms with van der Waals surface area (Å²) in [6, 6.07) is 0. The van der Waals surface area contributed by atoms with Gasteiger partial charge < -0.3 is 10.2 Å². The molecule has 4 atom stereocenters. The average molecular weight is 417 g/mol. The number of hydrogen-bond acceptors (Lipinski definition) is 5. The van der Waals surface area contributed by atoms with Gasteiger partial charge in [0.25, 0.3) is 0 Å². The van der Waals surface area contributed by atoms with E-state index in [0.717, 1.165) is 5.57 Å². The number of fused-ring (bicyclic) bond motifs is 1. The maximum absolute atomic E-state index is 14.0. The van der Waals surface area contributed by atoms with Crippen molar-refractivity contribution >= 4 is 17.3 Å². The quantitative estimate of drug-likeness (QED) is 0.395. The molecule has 4 unspecified atom stereocenters. The lowest BCUT2D eigenvalue weighted by Crippen LogP contribution is -2.50. The highest BCUT2D eigenvalue weighted by atomic mass is 16.3. The zero-order chi connectivity index (χ0) is 23.0. The van der Waals surface area contributed by atoms with Crippen molar-refractivity contribution in [2.24, 2.45) is 34.0 Å². The Labute approximate surface area is 179 Å². The van der Waals surface area contributed by atoms with Gasteiger partial charge >= 0.3 is 0 Å². The second kappa shape index (κ2) is 6.62. The summed E-state index contributed by atoms with van der Waals surface area (Å²) in [5.41, 5.74) is -3.34. The number of hydrogen-bond donors (Lipinski definition) is 2. The molecule has 3 aliphatic carbocycles. The van der Waals surface area contributed by atoms with Crippen LogP contribution in [0.2, 0.25) is 0 Å². The Balaban J connectivity index is 2.30. The molecule has 0 saturated heterocycles. The molecule has 0 aromatic rings. The molecule has 2 N–H and O–H groups in total. The van der Waals surface area contributed by atoms with E-state index in [0.29, 0.717) is 6.42 Å². The predicted octanol–water partition coefficient (Wildman–Crippen LogP) is 4.34. The van der Waals surface area contributed by atoms with Crippen LogP contribution in [0.3, 0.4) is 0 Å². The normalized spacial score (nSPS) is 35.1. The van der Waals surface area contributed by atoms with Gasteiger partial charge in [-0.15, -0.1) is 0 Å². The third-order valence-corrected chi connectivity index (χ3v) is 8.11. The van der Waals surface area contributed by atoms with Gasteiger partial charge in [-0.25, -0.2) is 0 Å². The van der Waals surface area contributed by atoms with Crippen LogP contribution in [0.25, 0.3) is 0 Å². The highest BCUT2D eigenvalue weighted by Gasteiger charge is 2.78. The third kappa shape index (κ3) is 2.73. The Morgan fingerprint density at radius 2 is 1.77 bits per heavy atom. The molecule has 5 heteroatoms. The van der Waals surface area contributed by atoms with Crippen LogP contribution in [-0.2, 0) is 14.4 Å². The molecular weight excluding hydrogens is 380 g/mol. The lowest BCUT2D eigenvalue weighted by atomic mass is 9.62. The first kappa shape index (κ1) is 22.9. The summed E-state index contributed by atoms with van der Waals surface area (Å²) in [5, 5.41) is 22.1. The summed E-state index contributed by atoms with van der Waals surface area (Å²) >= 11 is 0. The summed E-state index contributed by atoms with van der Waals surface area (Å²) in [7, 11) is 0. The molecule has 0 aromatic heterocycles.